The molecule has 74 valence electrons. The number of thiophene rings is 1. The summed E-state index contributed by atoms with van der Waals surface area (Å²) in [4.78, 5) is 0. The summed E-state index contributed by atoms with van der Waals surface area (Å²) >= 11 is 1.73. The molecule has 0 aliphatic heterocycles. The van der Waals surface area contributed by atoms with Gasteiger partial charge in [0.15, 0.2) is 0 Å². The van der Waals surface area contributed by atoms with Crippen molar-refractivity contribution in [1.29, 1.82) is 0 Å². The van der Waals surface area contributed by atoms with Crippen LogP contribution >= 0.6 is 11.3 Å². The summed E-state index contributed by atoms with van der Waals surface area (Å²) < 4.78 is 2.30. The smallest absolute Gasteiger partial charge is 0.0565 e. The first kappa shape index (κ1) is 8.74. The Labute approximate surface area is 92.6 Å². The van der Waals surface area contributed by atoms with Gasteiger partial charge in [0.25, 0.3) is 0 Å². The van der Waals surface area contributed by atoms with Crippen LogP contribution < -0.4 is 0 Å². The lowest BCUT2D eigenvalue weighted by molar-refractivity contribution is 1.06. The maximum Gasteiger partial charge on any atom is 0.0565 e. The number of hydrogen-bond acceptors (Lipinski definition) is 1. The zero-order chi connectivity index (χ0) is 10.3. The number of fused-ring (bicyclic) bond motifs is 1. The van der Waals surface area contributed by atoms with Crippen LogP contribution in [0.25, 0.3) is 16.6 Å². The lowest BCUT2D eigenvalue weighted by atomic mass is 10.2. The second-order valence-corrected chi connectivity index (χ2v) is 4.44. The number of nitrogens with zero attached hydrogens (tertiary/aromatic N) is 1. The highest BCUT2D eigenvalue weighted by Gasteiger charge is 2.06. The fourth-order valence-electron chi connectivity index (χ4n) is 2.02. The second kappa shape index (κ2) is 3.24. The van der Waals surface area contributed by atoms with E-state index in [4.69, 9.17) is 0 Å². The van der Waals surface area contributed by atoms with Gasteiger partial charge in [0.2, 0.25) is 0 Å². The highest BCUT2D eigenvalue weighted by molar-refractivity contribution is 7.08. The SMILES string of the molecule is Cc1cc2ccccc2n1-c1ccsc1. The molecule has 15 heavy (non-hydrogen) atoms. The first-order valence-electron chi connectivity index (χ1n) is 4.96. The molecular formula is C13H11NS. The first-order chi connectivity index (χ1) is 7.36. The van der Waals surface area contributed by atoms with E-state index >= 15 is 0 Å². The zero-order valence-electron chi connectivity index (χ0n) is 8.47. The van der Waals surface area contributed by atoms with Crippen molar-refractivity contribution >= 4 is 22.2 Å². The Morgan fingerprint density at radius 1 is 1.13 bits per heavy atom. The van der Waals surface area contributed by atoms with Gasteiger partial charge in [-0.2, -0.15) is 11.3 Å². The van der Waals surface area contributed by atoms with Gasteiger partial charge in [-0.1, -0.05) is 18.2 Å². The highest BCUT2D eigenvalue weighted by atomic mass is 32.1. The topological polar surface area (TPSA) is 4.93 Å². The molecule has 3 rings (SSSR count). The monoisotopic (exact) mass is 213 g/mol. The third kappa shape index (κ3) is 1.29. The second-order valence-electron chi connectivity index (χ2n) is 3.66. The minimum absolute atomic E-state index is 1.26. The molecule has 0 atom stereocenters. The normalized spacial score (nSPS) is 11.0. The summed E-state index contributed by atoms with van der Waals surface area (Å²) in [6.07, 6.45) is 0. The molecule has 0 fully saturated rings. The summed E-state index contributed by atoms with van der Waals surface area (Å²) in [5.74, 6) is 0. The van der Waals surface area contributed by atoms with Gasteiger partial charge in [-0.05, 0) is 30.5 Å². The van der Waals surface area contributed by atoms with E-state index in [0.29, 0.717) is 0 Å². The molecule has 0 saturated heterocycles. The number of aryl methyl sites for hydroxylation is 1. The van der Waals surface area contributed by atoms with E-state index in [9.17, 15) is 0 Å². The van der Waals surface area contributed by atoms with Gasteiger partial charge in [0.1, 0.15) is 0 Å². The van der Waals surface area contributed by atoms with Crippen LogP contribution in [0.15, 0.2) is 47.2 Å². The fourth-order valence-corrected chi connectivity index (χ4v) is 2.64. The Bertz CT molecular complexity index is 590. The number of rotatable bonds is 1. The van der Waals surface area contributed by atoms with Crippen LogP contribution in [-0.2, 0) is 0 Å². The average Bonchev–Trinajstić information content (AvgIpc) is 2.82. The van der Waals surface area contributed by atoms with Crippen LogP contribution in [0.2, 0.25) is 0 Å². The van der Waals surface area contributed by atoms with Crippen molar-refractivity contribution in [3.63, 3.8) is 0 Å². The minimum Gasteiger partial charge on any atom is -0.313 e. The van der Waals surface area contributed by atoms with E-state index in [2.05, 4.69) is 58.6 Å². The summed E-state index contributed by atoms with van der Waals surface area (Å²) in [5.41, 5.74) is 3.83. The fraction of sp³-hybridized carbons (Fsp3) is 0.0769. The van der Waals surface area contributed by atoms with Crippen molar-refractivity contribution in [2.24, 2.45) is 0 Å². The molecule has 0 saturated carbocycles. The molecule has 0 spiro atoms. The molecular weight excluding hydrogens is 202 g/mol. The molecule has 2 aromatic heterocycles. The number of hydrogen-bond donors (Lipinski definition) is 0. The van der Waals surface area contributed by atoms with Crippen LogP contribution in [0.5, 0.6) is 0 Å². The zero-order valence-corrected chi connectivity index (χ0v) is 9.29. The molecule has 0 N–H and O–H groups in total. The van der Waals surface area contributed by atoms with Gasteiger partial charge in [-0.3, -0.25) is 0 Å². The largest absolute Gasteiger partial charge is 0.313 e. The van der Waals surface area contributed by atoms with Crippen LogP contribution in [0.4, 0.5) is 0 Å². The molecule has 0 radical (unpaired) electrons. The van der Waals surface area contributed by atoms with Gasteiger partial charge in [-0.25, -0.2) is 0 Å². The van der Waals surface area contributed by atoms with Crippen LogP contribution in [0.1, 0.15) is 5.69 Å². The molecule has 0 bridgehead atoms. The van der Waals surface area contributed by atoms with E-state index in [0.717, 1.165) is 0 Å². The third-order valence-electron chi connectivity index (χ3n) is 2.66. The maximum atomic E-state index is 2.30. The lowest BCUT2D eigenvalue weighted by Crippen LogP contribution is -1.92. The van der Waals surface area contributed by atoms with Gasteiger partial charge in [0, 0.05) is 16.5 Å². The summed E-state index contributed by atoms with van der Waals surface area (Å²) in [5, 5.41) is 5.60. The minimum atomic E-state index is 1.26. The average molecular weight is 213 g/mol. The summed E-state index contributed by atoms with van der Waals surface area (Å²) in [6.45, 7) is 2.15. The van der Waals surface area contributed by atoms with Crippen molar-refractivity contribution in [3.05, 3.63) is 52.9 Å². The number of aromatic nitrogens is 1. The number of para-hydroxylation sites is 1. The molecule has 0 unspecified atom stereocenters. The van der Waals surface area contributed by atoms with Gasteiger partial charge in [-0.15, -0.1) is 0 Å². The Balaban J connectivity index is 2.39. The standard InChI is InChI=1S/C13H11NS/c1-10-8-11-4-2-3-5-13(11)14(10)12-6-7-15-9-12/h2-9H,1H3. The van der Waals surface area contributed by atoms with Gasteiger partial charge < -0.3 is 4.57 Å². The summed E-state index contributed by atoms with van der Waals surface area (Å²) in [7, 11) is 0. The molecule has 0 aliphatic rings. The summed E-state index contributed by atoms with van der Waals surface area (Å²) in [6, 6.07) is 12.9. The third-order valence-corrected chi connectivity index (χ3v) is 3.33. The number of benzene rings is 1. The van der Waals surface area contributed by atoms with Crippen LogP contribution in [0, 0.1) is 6.92 Å². The van der Waals surface area contributed by atoms with E-state index in [1.54, 1.807) is 11.3 Å². The van der Waals surface area contributed by atoms with E-state index in [1.165, 1.54) is 22.3 Å². The molecule has 2 heterocycles. The Morgan fingerprint density at radius 3 is 2.80 bits per heavy atom. The van der Waals surface area contributed by atoms with E-state index in [1.807, 2.05) is 0 Å². The van der Waals surface area contributed by atoms with Crippen LogP contribution in [0.3, 0.4) is 0 Å². The lowest BCUT2D eigenvalue weighted by Gasteiger charge is -2.04. The Hall–Kier alpha value is -1.54. The Morgan fingerprint density at radius 2 is 2.00 bits per heavy atom. The van der Waals surface area contributed by atoms with Gasteiger partial charge in [0.05, 0.1) is 11.2 Å². The highest BCUT2D eigenvalue weighted by Crippen LogP contribution is 2.24. The predicted molar refractivity (Wildman–Crippen MR) is 65.9 cm³/mol. The van der Waals surface area contributed by atoms with Crippen molar-refractivity contribution in [1.82, 2.24) is 4.57 Å². The quantitative estimate of drug-likeness (QED) is 0.575. The van der Waals surface area contributed by atoms with Crippen molar-refractivity contribution in [2.75, 3.05) is 0 Å². The molecule has 3 aromatic rings. The van der Waals surface area contributed by atoms with E-state index in [-0.39, 0.29) is 0 Å². The van der Waals surface area contributed by atoms with Crippen molar-refractivity contribution in [3.8, 4) is 5.69 Å². The predicted octanol–water partition coefficient (Wildman–Crippen LogP) is 4.00. The molecule has 0 amide bonds. The molecule has 2 heteroatoms. The molecule has 0 aliphatic carbocycles. The maximum absolute atomic E-state index is 2.30. The van der Waals surface area contributed by atoms with Crippen LogP contribution in [-0.4, -0.2) is 4.57 Å². The van der Waals surface area contributed by atoms with Crippen molar-refractivity contribution < 1.29 is 0 Å². The van der Waals surface area contributed by atoms with E-state index < -0.39 is 0 Å². The van der Waals surface area contributed by atoms with Gasteiger partial charge >= 0.3 is 0 Å². The van der Waals surface area contributed by atoms with Crippen molar-refractivity contribution in [2.45, 2.75) is 6.92 Å². The molecule has 1 aromatic carbocycles. The Kier molecular flexibility index (Phi) is 1.89. The molecule has 1 nitrogen and oxygen atoms in total. The first-order valence-corrected chi connectivity index (χ1v) is 5.90.